The fourth-order valence-corrected chi connectivity index (χ4v) is 2.72. The molecule has 0 aliphatic heterocycles. The first-order valence-corrected chi connectivity index (χ1v) is 5.92. The third-order valence-corrected chi connectivity index (χ3v) is 3.43. The Morgan fingerprint density at radius 2 is 2.00 bits per heavy atom. The first-order chi connectivity index (χ1) is 7.92. The molecule has 94 valence electrons. The van der Waals surface area contributed by atoms with Crippen LogP contribution in [-0.4, -0.2) is 30.6 Å². The third-order valence-electron chi connectivity index (χ3n) is 3.43. The Morgan fingerprint density at radius 3 is 2.65 bits per heavy atom. The van der Waals surface area contributed by atoms with Crippen LogP contribution in [0.15, 0.2) is 24.3 Å². The van der Waals surface area contributed by atoms with Gasteiger partial charge in [0.1, 0.15) is 0 Å². The number of hydrogen-bond donors (Lipinski definition) is 3. The average molecular weight is 235 g/mol. The predicted octanol–water partition coefficient (Wildman–Crippen LogP) is 0.372. The topological polar surface area (TPSA) is 75.5 Å². The summed E-state index contributed by atoms with van der Waals surface area (Å²) in [5, 5.41) is 10.4. The molecule has 0 spiro atoms. The summed E-state index contributed by atoms with van der Waals surface area (Å²) >= 11 is 0. The fourth-order valence-electron chi connectivity index (χ4n) is 2.72. The number of fused-ring (bicyclic) bond motifs is 1. The Bertz CT molecular complexity index is 403. The lowest BCUT2D eigenvalue weighted by Crippen LogP contribution is -2.52. The number of benzene rings is 1. The summed E-state index contributed by atoms with van der Waals surface area (Å²) in [7, 11) is 3.98. The Kier molecular flexibility index (Phi) is 3.23. The highest BCUT2D eigenvalue weighted by atomic mass is 16.3. The van der Waals surface area contributed by atoms with Crippen LogP contribution in [-0.2, 0) is 5.66 Å². The van der Waals surface area contributed by atoms with Gasteiger partial charge in [0.2, 0.25) is 0 Å². The molecule has 1 aliphatic carbocycles. The van der Waals surface area contributed by atoms with Gasteiger partial charge in [0, 0.05) is 12.5 Å². The molecule has 0 fully saturated rings. The largest absolute Gasteiger partial charge is 0.388 e. The van der Waals surface area contributed by atoms with Crippen LogP contribution in [0.25, 0.3) is 0 Å². The molecular formula is C13H21N3O. The van der Waals surface area contributed by atoms with E-state index in [1.165, 1.54) is 0 Å². The van der Waals surface area contributed by atoms with Crippen LogP contribution in [0.5, 0.6) is 0 Å². The van der Waals surface area contributed by atoms with Crippen molar-refractivity contribution in [3.05, 3.63) is 35.4 Å². The first-order valence-electron chi connectivity index (χ1n) is 5.92. The molecule has 1 aromatic carbocycles. The van der Waals surface area contributed by atoms with Gasteiger partial charge in [-0.3, -0.25) is 0 Å². The second kappa shape index (κ2) is 4.38. The van der Waals surface area contributed by atoms with E-state index in [-0.39, 0.29) is 5.92 Å². The molecule has 17 heavy (non-hydrogen) atoms. The van der Waals surface area contributed by atoms with Crippen molar-refractivity contribution >= 4 is 0 Å². The standard InChI is InChI=1S/C13H21N3O/c1-16(2)8-9-7-13(14,15)11-6-4-3-5-10(11)12(9)17/h3-6,9,12,17H,7-8,14-15H2,1-2H3. The van der Waals surface area contributed by atoms with Gasteiger partial charge < -0.3 is 21.5 Å². The van der Waals surface area contributed by atoms with Gasteiger partial charge in [-0.1, -0.05) is 24.3 Å². The molecule has 4 nitrogen and oxygen atoms in total. The maximum Gasteiger partial charge on any atom is 0.0907 e. The first kappa shape index (κ1) is 12.5. The summed E-state index contributed by atoms with van der Waals surface area (Å²) in [6, 6.07) is 7.64. The summed E-state index contributed by atoms with van der Waals surface area (Å²) in [6.07, 6.45) is 0.123. The van der Waals surface area contributed by atoms with Gasteiger partial charge >= 0.3 is 0 Å². The van der Waals surface area contributed by atoms with E-state index >= 15 is 0 Å². The molecule has 5 N–H and O–H groups in total. The SMILES string of the molecule is CN(C)CC1CC(N)(N)c2ccccc2C1O. The molecule has 0 aromatic heterocycles. The van der Waals surface area contributed by atoms with Crippen LogP contribution in [0.3, 0.4) is 0 Å². The van der Waals surface area contributed by atoms with Crippen molar-refractivity contribution in [2.75, 3.05) is 20.6 Å². The minimum Gasteiger partial charge on any atom is -0.388 e. The van der Waals surface area contributed by atoms with E-state index < -0.39 is 11.8 Å². The zero-order valence-electron chi connectivity index (χ0n) is 10.4. The Balaban J connectivity index is 2.37. The van der Waals surface area contributed by atoms with Gasteiger partial charge in [0.25, 0.3) is 0 Å². The van der Waals surface area contributed by atoms with Crippen LogP contribution in [0.4, 0.5) is 0 Å². The second-order valence-corrected chi connectivity index (χ2v) is 5.30. The molecule has 2 atom stereocenters. The monoisotopic (exact) mass is 235 g/mol. The molecule has 4 heteroatoms. The molecule has 0 saturated carbocycles. The van der Waals surface area contributed by atoms with E-state index in [4.69, 9.17) is 11.5 Å². The summed E-state index contributed by atoms with van der Waals surface area (Å²) in [5.41, 5.74) is 13.2. The quantitative estimate of drug-likeness (QED) is 0.647. The molecule has 0 radical (unpaired) electrons. The highest BCUT2D eigenvalue weighted by Gasteiger charge is 2.39. The van der Waals surface area contributed by atoms with Crippen molar-refractivity contribution in [2.24, 2.45) is 17.4 Å². The number of aliphatic hydroxyl groups is 1. The van der Waals surface area contributed by atoms with Crippen molar-refractivity contribution in [1.29, 1.82) is 0 Å². The molecule has 2 unspecified atom stereocenters. The molecular weight excluding hydrogens is 214 g/mol. The minimum atomic E-state index is -0.837. The highest BCUT2D eigenvalue weighted by molar-refractivity contribution is 5.37. The maximum atomic E-state index is 10.4. The van der Waals surface area contributed by atoms with Gasteiger partial charge in [-0.05, 0) is 31.6 Å². The lowest BCUT2D eigenvalue weighted by atomic mass is 9.75. The van der Waals surface area contributed by atoms with Crippen LogP contribution in [0.1, 0.15) is 23.7 Å². The number of hydrogen-bond acceptors (Lipinski definition) is 4. The van der Waals surface area contributed by atoms with E-state index in [1.807, 2.05) is 38.4 Å². The van der Waals surface area contributed by atoms with Crippen LogP contribution >= 0.6 is 0 Å². The fraction of sp³-hybridized carbons (Fsp3) is 0.538. The third kappa shape index (κ3) is 2.35. The second-order valence-electron chi connectivity index (χ2n) is 5.30. The van der Waals surface area contributed by atoms with Crippen molar-refractivity contribution in [2.45, 2.75) is 18.2 Å². The lowest BCUT2D eigenvalue weighted by Gasteiger charge is -2.40. The Morgan fingerprint density at radius 1 is 1.35 bits per heavy atom. The predicted molar refractivity (Wildman–Crippen MR) is 68.1 cm³/mol. The van der Waals surface area contributed by atoms with Crippen molar-refractivity contribution in [3.8, 4) is 0 Å². The Labute approximate surface area is 102 Å². The van der Waals surface area contributed by atoms with Crippen molar-refractivity contribution in [3.63, 3.8) is 0 Å². The number of rotatable bonds is 2. The van der Waals surface area contributed by atoms with Crippen molar-refractivity contribution in [1.82, 2.24) is 4.90 Å². The van der Waals surface area contributed by atoms with Gasteiger partial charge in [-0.25, -0.2) is 0 Å². The van der Waals surface area contributed by atoms with E-state index in [9.17, 15) is 5.11 Å². The van der Waals surface area contributed by atoms with Crippen LogP contribution in [0, 0.1) is 5.92 Å². The van der Waals surface area contributed by atoms with Gasteiger partial charge in [-0.2, -0.15) is 0 Å². The molecule has 1 aromatic rings. The van der Waals surface area contributed by atoms with Crippen molar-refractivity contribution < 1.29 is 5.11 Å². The lowest BCUT2D eigenvalue weighted by molar-refractivity contribution is 0.0542. The van der Waals surface area contributed by atoms with E-state index in [2.05, 4.69) is 4.90 Å². The van der Waals surface area contributed by atoms with Crippen LogP contribution in [0.2, 0.25) is 0 Å². The highest BCUT2D eigenvalue weighted by Crippen LogP contribution is 2.39. The number of nitrogens with zero attached hydrogens (tertiary/aromatic N) is 1. The number of nitrogens with two attached hydrogens (primary N) is 2. The molecule has 1 aliphatic rings. The summed E-state index contributed by atoms with van der Waals surface area (Å²) in [5.74, 6) is 0.0786. The average Bonchev–Trinajstić information content (AvgIpc) is 2.25. The summed E-state index contributed by atoms with van der Waals surface area (Å²) < 4.78 is 0. The van der Waals surface area contributed by atoms with Crippen LogP contribution < -0.4 is 11.5 Å². The zero-order chi connectivity index (χ0) is 12.6. The molecule has 0 bridgehead atoms. The molecule has 0 saturated heterocycles. The number of aliphatic hydroxyl groups excluding tert-OH is 1. The maximum absolute atomic E-state index is 10.4. The molecule has 0 amide bonds. The van der Waals surface area contributed by atoms with Gasteiger partial charge in [0.05, 0.1) is 11.8 Å². The van der Waals surface area contributed by atoms with E-state index in [0.717, 1.165) is 17.7 Å². The summed E-state index contributed by atoms with van der Waals surface area (Å²) in [4.78, 5) is 2.05. The van der Waals surface area contributed by atoms with Gasteiger partial charge in [-0.15, -0.1) is 0 Å². The zero-order valence-corrected chi connectivity index (χ0v) is 10.4. The Hall–Kier alpha value is -0.940. The van der Waals surface area contributed by atoms with E-state index in [1.54, 1.807) is 0 Å². The van der Waals surface area contributed by atoms with E-state index in [0.29, 0.717) is 6.42 Å². The smallest absolute Gasteiger partial charge is 0.0907 e. The molecule has 2 rings (SSSR count). The normalized spacial score (nSPS) is 26.9. The minimum absolute atomic E-state index is 0.0786. The van der Waals surface area contributed by atoms with Gasteiger partial charge in [0.15, 0.2) is 0 Å². The summed E-state index contributed by atoms with van der Waals surface area (Å²) in [6.45, 7) is 0.783. The molecule has 0 heterocycles.